The molecule has 1 aromatic carbocycles. The maximum Gasteiger partial charge on any atom is 0.335 e. The van der Waals surface area contributed by atoms with Gasteiger partial charge in [-0.25, -0.2) is 4.79 Å². The molecule has 0 aromatic heterocycles. The van der Waals surface area contributed by atoms with E-state index in [1.54, 1.807) is 17.0 Å². The standard InChI is InChI=1S/C15H16N2O4/c18-13-7-11(8-16-13)14(19)17-5-1-2-9-6-10(15(20)21)3-4-12(9)17/h3-4,6,11H,1-2,5,7-8H2,(H,16,18)(H,20,21). The van der Waals surface area contributed by atoms with Crippen molar-refractivity contribution < 1.29 is 19.5 Å². The number of hydrogen-bond donors (Lipinski definition) is 2. The number of anilines is 1. The lowest BCUT2D eigenvalue weighted by atomic mass is 9.97. The highest BCUT2D eigenvalue weighted by molar-refractivity contribution is 6.00. The number of aromatic carboxylic acids is 1. The summed E-state index contributed by atoms with van der Waals surface area (Å²) >= 11 is 0. The average molecular weight is 288 g/mol. The largest absolute Gasteiger partial charge is 0.478 e. The molecule has 2 N–H and O–H groups in total. The molecule has 0 spiro atoms. The fourth-order valence-electron chi connectivity index (χ4n) is 2.96. The van der Waals surface area contributed by atoms with Gasteiger partial charge in [0.15, 0.2) is 0 Å². The molecule has 1 atom stereocenters. The Balaban J connectivity index is 1.88. The van der Waals surface area contributed by atoms with E-state index >= 15 is 0 Å². The van der Waals surface area contributed by atoms with E-state index in [2.05, 4.69) is 5.32 Å². The summed E-state index contributed by atoms with van der Waals surface area (Å²) in [4.78, 5) is 36.5. The van der Waals surface area contributed by atoms with E-state index in [9.17, 15) is 14.4 Å². The molecule has 2 aliphatic heterocycles. The van der Waals surface area contributed by atoms with Crippen molar-refractivity contribution in [1.82, 2.24) is 5.32 Å². The molecule has 0 aliphatic carbocycles. The van der Waals surface area contributed by atoms with Crippen LogP contribution in [0.4, 0.5) is 5.69 Å². The summed E-state index contributed by atoms with van der Waals surface area (Å²) in [6.45, 7) is 1.000. The number of carboxylic acids is 1. The van der Waals surface area contributed by atoms with Gasteiger partial charge in [0.25, 0.3) is 0 Å². The van der Waals surface area contributed by atoms with E-state index < -0.39 is 5.97 Å². The molecule has 3 rings (SSSR count). The molecule has 110 valence electrons. The van der Waals surface area contributed by atoms with Gasteiger partial charge in [0.2, 0.25) is 11.8 Å². The quantitative estimate of drug-likeness (QED) is 0.842. The molecule has 1 saturated heterocycles. The van der Waals surface area contributed by atoms with Crippen molar-refractivity contribution in [3.63, 3.8) is 0 Å². The van der Waals surface area contributed by atoms with Gasteiger partial charge in [-0.2, -0.15) is 0 Å². The Morgan fingerprint density at radius 2 is 2.14 bits per heavy atom. The summed E-state index contributed by atoms with van der Waals surface area (Å²) in [6.07, 6.45) is 1.80. The summed E-state index contributed by atoms with van der Waals surface area (Å²) in [5.41, 5.74) is 1.89. The van der Waals surface area contributed by atoms with Crippen molar-refractivity contribution in [3.05, 3.63) is 29.3 Å². The zero-order valence-electron chi connectivity index (χ0n) is 11.5. The number of carbonyl (C=O) groups excluding carboxylic acids is 2. The third-order valence-electron chi connectivity index (χ3n) is 4.04. The van der Waals surface area contributed by atoms with E-state index in [1.165, 1.54) is 6.07 Å². The summed E-state index contributed by atoms with van der Waals surface area (Å²) in [5, 5.41) is 11.7. The van der Waals surface area contributed by atoms with Crippen LogP contribution in [0.3, 0.4) is 0 Å². The third kappa shape index (κ3) is 2.49. The molecule has 1 unspecified atom stereocenters. The average Bonchev–Trinajstić information content (AvgIpc) is 2.91. The van der Waals surface area contributed by atoms with Gasteiger partial charge in [-0.15, -0.1) is 0 Å². The molecular formula is C15H16N2O4. The highest BCUT2D eigenvalue weighted by Crippen LogP contribution is 2.30. The third-order valence-corrected chi connectivity index (χ3v) is 4.04. The minimum Gasteiger partial charge on any atom is -0.478 e. The van der Waals surface area contributed by atoms with Gasteiger partial charge in [0.05, 0.1) is 11.5 Å². The summed E-state index contributed by atoms with van der Waals surface area (Å²) in [5.74, 6) is -1.43. The molecule has 1 aromatic rings. The number of rotatable bonds is 2. The van der Waals surface area contributed by atoms with Gasteiger partial charge >= 0.3 is 5.97 Å². The van der Waals surface area contributed by atoms with Crippen LogP contribution in [0.2, 0.25) is 0 Å². The summed E-state index contributed by atoms with van der Waals surface area (Å²) < 4.78 is 0. The van der Waals surface area contributed by atoms with Crippen molar-refractivity contribution >= 4 is 23.5 Å². The lowest BCUT2D eigenvalue weighted by Crippen LogP contribution is -2.40. The van der Waals surface area contributed by atoms with Crippen LogP contribution in [0.1, 0.15) is 28.8 Å². The first-order valence-corrected chi connectivity index (χ1v) is 7.00. The van der Waals surface area contributed by atoms with E-state index in [4.69, 9.17) is 5.11 Å². The molecule has 6 nitrogen and oxygen atoms in total. The topological polar surface area (TPSA) is 86.7 Å². The van der Waals surface area contributed by atoms with Crippen LogP contribution in [-0.2, 0) is 16.0 Å². The van der Waals surface area contributed by atoms with E-state index in [-0.39, 0.29) is 29.7 Å². The number of fused-ring (bicyclic) bond motifs is 1. The second-order valence-electron chi connectivity index (χ2n) is 5.45. The lowest BCUT2D eigenvalue weighted by molar-refractivity contribution is -0.124. The maximum atomic E-state index is 12.5. The van der Waals surface area contributed by atoms with Gasteiger partial charge in [0.1, 0.15) is 0 Å². The van der Waals surface area contributed by atoms with Crippen molar-refractivity contribution in [2.24, 2.45) is 5.92 Å². The smallest absolute Gasteiger partial charge is 0.335 e. The van der Waals surface area contributed by atoms with Crippen molar-refractivity contribution in [3.8, 4) is 0 Å². The molecular weight excluding hydrogens is 272 g/mol. The molecule has 0 radical (unpaired) electrons. The van der Waals surface area contributed by atoms with Crippen molar-refractivity contribution in [2.45, 2.75) is 19.3 Å². The second-order valence-corrected chi connectivity index (χ2v) is 5.45. The monoisotopic (exact) mass is 288 g/mol. The minimum atomic E-state index is -0.966. The Labute approximate surface area is 121 Å². The number of nitrogens with zero attached hydrogens (tertiary/aromatic N) is 1. The first-order valence-electron chi connectivity index (χ1n) is 7.00. The Hall–Kier alpha value is -2.37. The van der Waals surface area contributed by atoms with Gasteiger partial charge in [-0.3, -0.25) is 9.59 Å². The predicted octanol–water partition coefficient (Wildman–Crippen LogP) is 0.800. The highest BCUT2D eigenvalue weighted by atomic mass is 16.4. The van der Waals surface area contributed by atoms with E-state index in [0.717, 1.165) is 24.1 Å². The van der Waals surface area contributed by atoms with E-state index in [1.807, 2.05) is 0 Å². The molecule has 0 saturated carbocycles. The SMILES string of the molecule is O=C1CC(C(=O)N2CCCc3cc(C(=O)O)ccc32)CN1. The Bertz CT molecular complexity index is 626. The van der Waals surface area contributed by atoms with Crippen LogP contribution in [0.15, 0.2) is 18.2 Å². The van der Waals surface area contributed by atoms with Crippen LogP contribution >= 0.6 is 0 Å². The van der Waals surface area contributed by atoms with Crippen LogP contribution in [-0.4, -0.2) is 36.0 Å². The van der Waals surface area contributed by atoms with Crippen LogP contribution in [0, 0.1) is 5.92 Å². The Kier molecular flexibility index (Phi) is 3.37. The molecule has 2 heterocycles. The number of carbonyl (C=O) groups is 3. The van der Waals surface area contributed by atoms with Gasteiger partial charge in [-0.1, -0.05) is 0 Å². The second kappa shape index (κ2) is 5.20. The Morgan fingerprint density at radius 1 is 1.33 bits per heavy atom. The molecule has 21 heavy (non-hydrogen) atoms. The fraction of sp³-hybridized carbons (Fsp3) is 0.400. The molecule has 6 heteroatoms. The van der Waals surface area contributed by atoms with Gasteiger partial charge in [-0.05, 0) is 36.6 Å². The molecule has 2 amide bonds. The van der Waals surface area contributed by atoms with Gasteiger partial charge in [0, 0.05) is 25.2 Å². The van der Waals surface area contributed by atoms with Crippen molar-refractivity contribution in [2.75, 3.05) is 18.0 Å². The predicted molar refractivity (Wildman–Crippen MR) is 75.2 cm³/mol. The molecule has 1 fully saturated rings. The normalized spacial score (nSPS) is 20.9. The number of hydrogen-bond acceptors (Lipinski definition) is 3. The molecule has 2 aliphatic rings. The highest BCUT2D eigenvalue weighted by Gasteiger charge is 2.33. The fourth-order valence-corrected chi connectivity index (χ4v) is 2.96. The number of carboxylic acid groups (broad SMARTS) is 1. The van der Waals surface area contributed by atoms with Crippen molar-refractivity contribution in [1.29, 1.82) is 0 Å². The number of aryl methyl sites for hydroxylation is 1. The zero-order chi connectivity index (χ0) is 15.0. The summed E-state index contributed by atoms with van der Waals surface area (Å²) in [7, 11) is 0. The van der Waals surface area contributed by atoms with Gasteiger partial charge < -0.3 is 15.3 Å². The minimum absolute atomic E-state index is 0.0580. The number of amides is 2. The first-order chi connectivity index (χ1) is 10.1. The first kappa shape index (κ1) is 13.6. The lowest BCUT2D eigenvalue weighted by Gasteiger charge is -2.31. The number of nitrogens with one attached hydrogen (secondary N) is 1. The molecule has 0 bridgehead atoms. The van der Waals surface area contributed by atoms with Crippen LogP contribution in [0.25, 0.3) is 0 Å². The maximum absolute atomic E-state index is 12.5. The Morgan fingerprint density at radius 3 is 2.81 bits per heavy atom. The summed E-state index contributed by atoms with van der Waals surface area (Å²) in [6, 6.07) is 4.85. The van der Waals surface area contributed by atoms with Crippen LogP contribution in [0.5, 0.6) is 0 Å². The number of benzene rings is 1. The van der Waals surface area contributed by atoms with E-state index in [0.29, 0.717) is 13.1 Å². The zero-order valence-corrected chi connectivity index (χ0v) is 11.5. The van der Waals surface area contributed by atoms with Crippen LogP contribution < -0.4 is 10.2 Å².